The van der Waals surface area contributed by atoms with Gasteiger partial charge in [-0.3, -0.25) is 4.79 Å². The summed E-state index contributed by atoms with van der Waals surface area (Å²) in [5.41, 5.74) is 4.03. The lowest BCUT2D eigenvalue weighted by molar-refractivity contribution is -0.126. The number of rotatable bonds is 11. The van der Waals surface area contributed by atoms with Crippen molar-refractivity contribution in [2.24, 2.45) is 11.8 Å². The van der Waals surface area contributed by atoms with Crippen LogP contribution in [0.3, 0.4) is 0 Å². The number of ketones is 1. The molecule has 4 nitrogen and oxygen atoms in total. The minimum Gasteiger partial charge on any atom is -0.494 e. The third-order valence-electron chi connectivity index (χ3n) is 5.42. The van der Waals surface area contributed by atoms with Crippen molar-refractivity contribution < 1.29 is 19.4 Å². The Morgan fingerprint density at radius 1 is 1.00 bits per heavy atom. The number of Topliss-reactive ketones (excluding diaryl/α,β-unsaturated/α-hetero) is 1. The lowest BCUT2D eigenvalue weighted by Crippen LogP contribution is -2.40. The van der Waals surface area contributed by atoms with Gasteiger partial charge in [-0.1, -0.05) is 41.0 Å². The van der Waals surface area contributed by atoms with Crippen LogP contribution in [0, 0.1) is 11.8 Å². The van der Waals surface area contributed by atoms with Gasteiger partial charge in [-0.2, -0.15) is 0 Å². The van der Waals surface area contributed by atoms with E-state index in [1.165, 1.54) is 30.9 Å². The zero-order valence-electron chi connectivity index (χ0n) is 19.0. The van der Waals surface area contributed by atoms with Crippen LogP contribution in [0.15, 0.2) is 59.1 Å². The van der Waals surface area contributed by atoms with Crippen LogP contribution in [0.4, 0.5) is 0 Å². The normalized spacial score (nSPS) is 23.1. The molecule has 0 aliphatic heterocycles. The molecule has 1 aliphatic carbocycles. The number of carbonyl (C=O) groups excluding carboxylic acids is 1. The van der Waals surface area contributed by atoms with E-state index >= 15 is 0 Å². The van der Waals surface area contributed by atoms with E-state index < -0.39 is 12.0 Å². The summed E-state index contributed by atoms with van der Waals surface area (Å²) in [7, 11) is 2.86. The van der Waals surface area contributed by atoms with E-state index in [9.17, 15) is 9.90 Å². The molecule has 3 unspecified atom stereocenters. The van der Waals surface area contributed by atoms with E-state index in [0.29, 0.717) is 6.42 Å². The molecule has 0 heterocycles. The van der Waals surface area contributed by atoms with Crippen molar-refractivity contribution >= 4 is 5.78 Å². The van der Waals surface area contributed by atoms with Gasteiger partial charge in [0.2, 0.25) is 11.5 Å². The first kappa shape index (κ1) is 25.0. The molecule has 0 saturated carbocycles. The summed E-state index contributed by atoms with van der Waals surface area (Å²) in [6.07, 6.45) is 12.1. The third kappa shape index (κ3) is 7.36. The Hall–Kier alpha value is -2.07. The van der Waals surface area contributed by atoms with Crippen LogP contribution in [0.25, 0.3) is 0 Å². The topological polar surface area (TPSA) is 55.8 Å². The quantitative estimate of drug-likeness (QED) is 0.453. The molecule has 0 fully saturated rings. The Labute approximate surface area is 176 Å². The van der Waals surface area contributed by atoms with Gasteiger partial charge in [-0.25, -0.2) is 0 Å². The smallest absolute Gasteiger partial charge is 0.208 e. The number of allylic oxidation sites excluding steroid dienone is 8. The van der Waals surface area contributed by atoms with E-state index in [-0.39, 0.29) is 23.2 Å². The fraction of sp³-hybridized carbons (Fsp3) is 0.560. The second-order valence-corrected chi connectivity index (χ2v) is 8.03. The first-order chi connectivity index (χ1) is 13.8. The van der Waals surface area contributed by atoms with Crippen LogP contribution in [0.1, 0.15) is 59.8 Å². The summed E-state index contributed by atoms with van der Waals surface area (Å²) in [6.45, 7) is 12.3. The minimum atomic E-state index is -0.892. The van der Waals surface area contributed by atoms with Crippen molar-refractivity contribution in [2.75, 3.05) is 14.2 Å². The molecule has 0 radical (unpaired) electrons. The van der Waals surface area contributed by atoms with Gasteiger partial charge in [0.05, 0.1) is 14.2 Å². The molecule has 0 bridgehead atoms. The highest BCUT2D eigenvalue weighted by Gasteiger charge is 2.43. The molecule has 0 aromatic heterocycles. The van der Waals surface area contributed by atoms with Gasteiger partial charge < -0.3 is 14.6 Å². The second kappa shape index (κ2) is 12.5. The van der Waals surface area contributed by atoms with Gasteiger partial charge >= 0.3 is 0 Å². The summed E-state index contributed by atoms with van der Waals surface area (Å²) in [5, 5.41) is 10.7. The summed E-state index contributed by atoms with van der Waals surface area (Å²) in [4.78, 5) is 12.7. The van der Waals surface area contributed by atoms with E-state index in [4.69, 9.17) is 9.47 Å². The van der Waals surface area contributed by atoms with Crippen LogP contribution in [0.5, 0.6) is 0 Å². The third-order valence-corrected chi connectivity index (χ3v) is 5.42. The van der Waals surface area contributed by atoms with Gasteiger partial charge in [-0.05, 0) is 59.8 Å². The van der Waals surface area contributed by atoms with Crippen molar-refractivity contribution in [3.63, 3.8) is 0 Å². The molecule has 0 saturated heterocycles. The number of hydrogen-bond donors (Lipinski definition) is 1. The largest absolute Gasteiger partial charge is 0.494 e. The lowest BCUT2D eigenvalue weighted by Gasteiger charge is -2.34. The average molecular weight is 403 g/mol. The monoisotopic (exact) mass is 402 g/mol. The molecular weight excluding hydrogens is 364 g/mol. The molecule has 4 heteroatoms. The molecule has 0 amide bonds. The van der Waals surface area contributed by atoms with E-state index in [0.717, 1.165) is 25.7 Å². The molecule has 29 heavy (non-hydrogen) atoms. The summed E-state index contributed by atoms with van der Waals surface area (Å²) in [6, 6.07) is 0. The highest BCUT2D eigenvalue weighted by atomic mass is 16.5. The fourth-order valence-electron chi connectivity index (χ4n) is 3.64. The Bertz CT molecular complexity index is 690. The van der Waals surface area contributed by atoms with Crippen molar-refractivity contribution in [3.05, 3.63) is 59.1 Å². The fourth-order valence-corrected chi connectivity index (χ4v) is 3.64. The van der Waals surface area contributed by atoms with Crippen molar-refractivity contribution in [3.8, 4) is 0 Å². The number of hydrogen-bond acceptors (Lipinski definition) is 4. The first-order valence-electron chi connectivity index (χ1n) is 10.4. The minimum absolute atomic E-state index is 0.0931. The maximum Gasteiger partial charge on any atom is 0.208 e. The van der Waals surface area contributed by atoms with E-state index in [1.54, 1.807) is 6.08 Å². The summed E-state index contributed by atoms with van der Waals surface area (Å²) in [5.74, 6) is -0.668. The van der Waals surface area contributed by atoms with Crippen molar-refractivity contribution in [2.45, 2.75) is 65.9 Å². The summed E-state index contributed by atoms with van der Waals surface area (Å²) < 4.78 is 10.4. The molecular formula is C25H38O4. The average Bonchev–Trinajstić information content (AvgIpc) is 2.67. The molecule has 1 aliphatic rings. The Morgan fingerprint density at radius 3 is 2.10 bits per heavy atom. The van der Waals surface area contributed by atoms with Crippen LogP contribution >= 0.6 is 0 Å². The number of aliphatic hydroxyl groups excluding tert-OH is 1. The molecule has 0 spiro atoms. The molecule has 0 aromatic rings. The standard InChI is InChI=1S/C25H38O4/c1-8-20-21(23(27)25(29-7)24(28-6)22(20)26)16-15-19(5)14-10-13-18(4)12-9-11-17(2)3/h8,11,13,15,20-21,23,27H,1,9-10,12,14,16H2,2-7H3/b18-13+,19-15+. The van der Waals surface area contributed by atoms with E-state index in [1.807, 2.05) is 0 Å². The number of aliphatic hydroxyl groups is 1. The van der Waals surface area contributed by atoms with Gasteiger partial charge in [-0.15, -0.1) is 6.58 Å². The first-order valence-corrected chi connectivity index (χ1v) is 10.4. The second-order valence-electron chi connectivity index (χ2n) is 8.03. The molecule has 3 atom stereocenters. The maximum absolute atomic E-state index is 12.7. The summed E-state index contributed by atoms with van der Waals surface area (Å²) >= 11 is 0. The molecule has 1 N–H and O–H groups in total. The van der Waals surface area contributed by atoms with Gasteiger partial charge in [0, 0.05) is 11.8 Å². The predicted octanol–water partition coefficient (Wildman–Crippen LogP) is 5.66. The Morgan fingerprint density at radius 2 is 1.59 bits per heavy atom. The molecule has 1 rings (SSSR count). The Kier molecular flexibility index (Phi) is 10.7. The number of ether oxygens (including phenoxy) is 2. The van der Waals surface area contributed by atoms with E-state index in [2.05, 4.69) is 52.5 Å². The SMILES string of the molecule is C=CC1C(=O)C(OC)=C(OC)C(O)C1C/C=C(\C)CC/C=C(\C)CCC=C(C)C. The van der Waals surface area contributed by atoms with Gasteiger partial charge in [0.25, 0.3) is 0 Å². The zero-order valence-corrected chi connectivity index (χ0v) is 19.0. The maximum atomic E-state index is 12.7. The van der Waals surface area contributed by atoms with Crippen LogP contribution in [0.2, 0.25) is 0 Å². The number of methoxy groups -OCH3 is 2. The van der Waals surface area contributed by atoms with Crippen molar-refractivity contribution in [1.82, 2.24) is 0 Å². The highest BCUT2D eigenvalue weighted by Crippen LogP contribution is 2.36. The van der Waals surface area contributed by atoms with Gasteiger partial charge in [0.15, 0.2) is 5.76 Å². The molecule has 162 valence electrons. The van der Waals surface area contributed by atoms with Crippen molar-refractivity contribution in [1.29, 1.82) is 0 Å². The zero-order chi connectivity index (χ0) is 22.0. The van der Waals surface area contributed by atoms with Crippen LogP contribution < -0.4 is 0 Å². The van der Waals surface area contributed by atoms with Crippen LogP contribution in [-0.2, 0) is 14.3 Å². The highest BCUT2D eigenvalue weighted by molar-refractivity contribution is 5.98. The predicted molar refractivity (Wildman–Crippen MR) is 119 cm³/mol. The van der Waals surface area contributed by atoms with Gasteiger partial charge in [0.1, 0.15) is 6.10 Å². The Balaban J connectivity index is 2.72. The number of carbonyl (C=O) groups is 1. The van der Waals surface area contributed by atoms with Crippen LogP contribution in [-0.4, -0.2) is 31.2 Å². The lowest BCUT2D eigenvalue weighted by atomic mass is 9.76. The molecule has 0 aromatic carbocycles.